The summed E-state index contributed by atoms with van der Waals surface area (Å²) in [6, 6.07) is 8.50. The van der Waals surface area contributed by atoms with E-state index in [9.17, 15) is 13.2 Å². The lowest BCUT2D eigenvalue weighted by Crippen LogP contribution is -2.41. The molecule has 0 unspecified atom stereocenters. The Balaban J connectivity index is 1.56. The monoisotopic (exact) mass is 476 g/mol. The highest BCUT2D eigenvalue weighted by Gasteiger charge is 2.27. The second-order valence-electron chi connectivity index (χ2n) is 9.20. The van der Waals surface area contributed by atoms with Crippen LogP contribution in [0.4, 0.5) is 4.79 Å². The molecule has 1 saturated heterocycles. The summed E-state index contributed by atoms with van der Waals surface area (Å²) in [7, 11) is -1.86. The Labute approximate surface area is 195 Å². The van der Waals surface area contributed by atoms with E-state index >= 15 is 0 Å². The average Bonchev–Trinajstić information content (AvgIpc) is 2.76. The second kappa shape index (κ2) is 9.99. The Morgan fingerprint density at radius 2 is 1.82 bits per heavy atom. The second-order valence-corrected chi connectivity index (χ2v) is 11.2. The Kier molecular flexibility index (Phi) is 7.51. The van der Waals surface area contributed by atoms with E-state index in [0.29, 0.717) is 30.5 Å². The molecule has 3 rings (SSSR count). The average molecular weight is 477 g/mol. The number of methoxy groups -OCH3 is 1. The Morgan fingerprint density at radius 1 is 1.12 bits per heavy atom. The summed E-state index contributed by atoms with van der Waals surface area (Å²) in [5.74, 6) is 1.14. The fourth-order valence-electron chi connectivity index (χ4n) is 3.63. The summed E-state index contributed by atoms with van der Waals surface area (Å²) in [6.45, 7) is 7.16. The highest BCUT2D eigenvalue weighted by molar-refractivity contribution is 7.90. The fourth-order valence-corrected chi connectivity index (χ4v) is 4.27. The molecule has 0 bridgehead atoms. The summed E-state index contributed by atoms with van der Waals surface area (Å²) in [5, 5.41) is 0. The number of hydrogen-bond acceptors (Lipinski definition) is 7. The van der Waals surface area contributed by atoms with Gasteiger partial charge < -0.3 is 19.1 Å². The number of hydrogen-bond donors (Lipinski definition) is 0. The lowest BCUT2D eigenvalue weighted by molar-refractivity contribution is 0.0204. The van der Waals surface area contributed by atoms with Gasteiger partial charge in [0.1, 0.15) is 12.2 Å². The van der Waals surface area contributed by atoms with Gasteiger partial charge in [-0.25, -0.2) is 13.2 Å². The van der Waals surface area contributed by atoms with Gasteiger partial charge in [-0.3, -0.25) is 4.98 Å². The van der Waals surface area contributed by atoms with Crippen LogP contribution in [0.1, 0.15) is 50.8 Å². The van der Waals surface area contributed by atoms with Crippen LogP contribution in [-0.2, 0) is 21.2 Å². The molecule has 33 heavy (non-hydrogen) atoms. The van der Waals surface area contributed by atoms with E-state index in [1.165, 1.54) is 19.2 Å². The van der Waals surface area contributed by atoms with E-state index in [1.54, 1.807) is 11.0 Å². The first kappa shape index (κ1) is 24.8. The van der Waals surface area contributed by atoms with Gasteiger partial charge in [0, 0.05) is 31.6 Å². The van der Waals surface area contributed by atoms with Crippen molar-refractivity contribution in [3.05, 3.63) is 47.8 Å². The lowest BCUT2D eigenvalue weighted by atomic mass is 9.90. The smallest absolute Gasteiger partial charge is 0.410 e. The van der Waals surface area contributed by atoms with Crippen LogP contribution in [0, 0.1) is 0 Å². The van der Waals surface area contributed by atoms with Gasteiger partial charge in [-0.1, -0.05) is 6.07 Å². The molecule has 0 spiro atoms. The number of aromatic nitrogens is 1. The highest BCUT2D eigenvalue weighted by atomic mass is 32.2. The van der Waals surface area contributed by atoms with Gasteiger partial charge in [-0.05, 0) is 63.3 Å². The first-order valence-corrected chi connectivity index (χ1v) is 12.8. The summed E-state index contributed by atoms with van der Waals surface area (Å²) in [6.07, 6.45) is 4.47. The normalized spacial score (nSPS) is 15.2. The van der Waals surface area contributed by atoms with E-state index in [1.807, 2.05) is 39.1 Å². The van der Waals surface area contributed by atoms with Gasteiger partial charge in [0.05, 0.1) is 17.7 Å². The number of carbonyl (C=O) groups is 1. The van der Waals surface area contributed by atoms with E-state index < -0.39 is 15.4 Å². The van der Waals surface area contributed by atoms with Crippen molar-refractivity contribution in [1.82, 2.24) is 9.88 Å². The minimum atomic E-state index is -3.33. The zero-order chi connectivity index (χ0) is 24.2. The zero-order valence-electron chi connectivity index (χ0n) is 19.8. The minimum Gasteiger partial charge on any atom is -0.493 e. The van der Waals surface area contributed by atoms with Gasteiger partial charge in [-0.2, -0.15) is 0 Å². The van der Waals surface area contributed by atoms with Crippen molar-refractivity contribution in [3.8, 4) is 11.5 Å². The third kappa shape index (κ3) is 6.83. The molecule has 1 amide bonds. The lowest BCUT2D eigenvalue weighted by Gasteiger charge is -2.33. The molecule has 0 radical (unpaired) electrons. The van der Waals surface area contributed by atoms with Crippen molar-refractivity contribution in [2.75, 3.05) is 26.5 Å². The highest BCUT2D eigenvalue weighted by Crippen LogP contribution is 2.31. The molecular weight excluding hydrogens is 444 g/mol. The number of rotatable bonds is 6. The van der Waals surface area contributed by atoms with Crippen molar-refractivity contribution < 1.29 is 27.4 Å². The van der Waals surface area contributed by atoms with Crippen LogP contribution in [0.5, 0.6) is 11.5 Å². The van der Waals surface area contributed by atoms with Crippen molar-refractivity contribution in [1.29, 1.82) is 0 Å². The maximum absolute atomic E-state index is 12.2. The van der Waals surface area contributed by atoms with Crippen LogP contribution in [0.15, 0.2) is 41.4 Å². The van der Waals surface area contributed by atoms with Crippen LogP contribution in [0.3, 0.4) is 0 Å². The van der Waals surface area contributed by atoms with Gasteiger partial charge in [0.15, 0.2) is 21.3 Å². The summed E-state index contributed by atoms with van der Waals surface area (Å²) >= 11 is 0. The van der Waals surface area contributed by atoms with E-state index in [0.717, 1.165) is 30.4 Å². The molecular formula is C24H32N2O6S. The number of piperidine rings is 1. The predicted molar refractivity (Wildman–Crippen MR) is 124 cm³/mol. The van der Waals surface area contributed by atoms with Crippen molar-refractivity contribution in [2.24, 2.45) is 0 Å². The van der Waals surface area contributed by atoms with Crippen molar-refractivity contribution >= 4 is 15.9 Å². The maximum Gasteiger partial charge on any atom is 0.410 e. The molecule has 0 N–H and O–H groups in total. The van der Waals surface area contributed by atoms with Gasteiger partial charge in [0.2, 0.25) is 0 Å². The van der Waals surface area contributed by atoms with Crippen molar-refractivity contribution in [2.45, 2.75) is 56.6 Å². The van der Waals surface area contributed by atoms with Crippen LogP contribution in [-0.4, -0.2) is 56.5 Å². The number of benzene rings is 1. The van der Waals surface area contributed by atoms with Gasteiger partial charge in [-0.15, -0.1) is 0 Å². The summed E-state index contributed by atoms with van der Waals surface area (Å²) in [5.41, 5.74) is 1.40. The van der Waals surface area contributed by atoms with E-state index in [2.05, 4.69) is 4.98 Å². The molecule has 2 aromatic rings. The summed E-state index contributed by atoms with van der Waals surface area (Å²) in [4.78, 5) is 18.7. The van der Waals surface area contributed by atoms with Crippen molar-refractivity contribution in [3.63, 3.8) is 0 Å². The third-order valence-corrected chi connectivity index (χ3v) is 6.51. The standard InChI is InChI=1S/C24H32N2O6S/c1-24(2,3)32-23(27)26-12-10-17(11-13-26)18-6-7-19(25-15-18)16-31-21-9-8-20(33(5,28)29)14-22(21)30-4/h6-9,14-15,17H,10-13,16H2,1-5H3. The summed E-state index contributed by atoms with van der Waals surface area (Å²) < 4.78 is 40.0. The van der Waals surface area contributed by atoms with Gasteiger partial charge >= 0.3 is 6.09 Å². The molecule has 9 heteroatoms. The molecule has 0 saturated carbocycles. The molecule has 2 heterocycles. The number of amides is 1. The van der Waals surface area contributed by atoms with Crippen LogP contribution in [0.2, 0.25) is 0 Å². The number of likely N-dealkylation sites (tertiary alicyclic amines) is 1. The number of ether oxygens (including phenoxy) is 3. The van der Waals surface area contributed by atoms with Crippen LogP contribution in [0.25, 0.3) is 0 Å². The quantitative estimate of drug-likeness (QED) is 0.617. The molecule has 1 aliphatic rings. The van der Waals surface area contributed by atoms with Crippen LogP contribution < -0.4 is 9.47 Å². The maximum atomic E-state index is 12.2. The molecule has 0 atom stereocenters. The molecule has 1 aromatic carbocycles. The first-order chi connectivity index (χ1) is 15.5. The fraction of sp³-hybridized carbons (Fsp3) is 0.500. The number of sulfone groups is 1. The molecule has 1 aromatic heterocycles. The molecule has 180 valence electrons. The van der Waals surface area contributed by atoms with Gasteiger partial charge in [0.25, 0.3) is 0 Å². The number of carbonyl (C=O) groups excluding carboxylic acids is 1. The predicted octanol–water partition coefficient (Wildman–Crippen LogP) is 4.19. The minimum absolute atomic E-state index is 0.173. The largest absolute Gasteiger partial charge is 0.493 e. The molecule has 8 nitrogen and oxygen atoms in total. The third-order valence-electron chi connectivity index (χ3n) is 5.40. The van der Waals surface area contributed by atoms with E-state index in [4.69, 9.17) is 14.2 Å². The first-order valence-electron chi connectivity index (χ1n) is 10.9. The molecule has 1 aliphatic heterocycles. The number of nitrogens with zero attached hydrogens (tertiary/aromatic N) is 2. The molecule has 0 aliphatic carbocycles. The van der Waals surface area contributed by atoms with E-state index in [-0.39, 0.29) is 17.6 Å². The topological polar surface area (TPSA) is 95.0 Å². The SMILES string of the molecule is COc1cc(S(C)(=O)=O)ccc1OCc1ccc(C2CCN(C(=O)OC(C)(C)C)CC2)cn1. The van der Waals surface area contributed by atoms with Crippen LogP contribution >= 0.6 is 0 Å². The Bertz CT molecular complexity index is 1070. The molecule has 1 fully saturated rings. The number of pyridine rings is 1. The Morgan fingerprint density at radius 3 is 2.36 bits per heavy atom. The Hall–Kier alpha value is -2.81. The zero-order valence-corrected chi connectivity index (χ0v) is 20.6.